The Morgan fingerprint density at radius 1 is 1.22 bits per heavy atom. The SMILES string of the molecule is C=CCC1COC(C(C)C)C1/C=C/C(C)ON1C(=O)c2ccccc2C1=O. The summed E-state index contributed by atoms with van der Waals surface area (Å²) in [6.07, 6.45) is 6.58. The van der Waals surface area contributed by atoms with E-state index in [1.165, 1.54) is 0 Å². The first kappa shape index (κ1) is 19.5. The summed E-state index contributed by atoms with van der Waals surface area (Å²) in [5.74, 6) is 0.227. The number of allylic oxidation sites excluding steroid dienone is 1. The molecule has 0 spiro atoms. The third-order valence-electron chi connectivity index (χ3n) is 5.19. The summed E-state index contributed by atoms with van der Waals surface area (Å²) in [4.78, 5) is 30.5. The van der Waals surface area contributed by atoms with Crippen LogP contribution in [0.2, 0.25) is 0 Å². The fraction of sp³-hybridized carbons (Fsp3) is 0.455. The Hall–Kier alpha value is -2.24. The minimum absolute atomic E-state index is 0.151. The Balaban J connectivity index is 1.68. The fourth-order valence-corrected chi connectivity index (χ4v) is 3.82. The summed E-state index contributed by atoms with van der Waals surface area (Å²) in [7, 11) is 0. The quantitative estimate of drug-likeness (QED) is 0.538. The number of carbonyl (C=O) groups is 2. The monoisotopic (exact) mass is 369 g/mol. The zero-order valence-electron chi connectivity index (χ0n) is 16.1. The minimum atomic E-state index is -0.412. The van der Waals surface area contributed by atoms with Crippen LogP contribution in [-0.2, 0) is 9.57 Å². The van der Waals surface area contributed by atoms with Gasteiger partial charge in [-0.2, -0.15) is 0 Å². The Labute approximate surface area is 160 Å². The fourth-order valence-electron chi connectivity index (χ4n) is 3.82. The first-order chi connectivity index (χ1) is 12.9. The maximum atomic E-state index is 12.4. The summed E-state index contributed by atoms with van der Waals surface area (Å²) in [5, 5.41) is 0.867. The summed E-state index contributed by atoms with van der Waals surface area (Å²) >= 11 is 0. The molecule has 0 radical (unpaired) electrons. The molecular weight excluding hydrogens is 342 g/mol. The maximum absolute atomic E-state index is 12.4. The van der Waals surface area contributed by atoms with Crippen LogP contribution in [0.3, 0.4) is 0 Å². The van der Waals surface area contributed by atoms with Gasteiger partial charge >= 0.3 is 0 Å². The van der Waals surface area contributed by atoms with Crippen molar-refractivity contribution >= 4 is 11.8 Å². The Kier molecular flexibility index (Phi) is 5.92. The van der Waals surface area contributed by atoms with Crippen molar-refractivity contribution in [3.63, 3.8) is 0 Å². The zero-order valence-corrected chi connectivity index (χ0v) is 16.1. The maximum Gasteiger partial charge on any atom is 0.285 e. The number of ether oxygens (including phenoxy) is 1. The molecule has 0 aliphatic carbocycles. The van der Waals surface area contributed by atoms with Crippen LogP contribution in [-0.4, -0.2) is 35.7 Å². The summed E-state index contributed by atoms with van der Waals surface area (Å²) in [6, 6.07) is 6.76. The van der Waals surface area contributed by atoms with Crippen molar-refractivity contribution in [2.24, 2.45) is 17.8 Å². The molecule has 0 N–H and O–H groups in total. The number of rotatable bonds is 7. The van der Waals surface area contributed by atoms with Gasteiger partial charge in [-0.3, -0.25) is 14.4 Å². The Morgan fingerprint density at radius 2 is 1.85 bits per heavy atom. The predicted molar refractivity (Wildman–Crippen MR) is 103 cm³/mol. The van der Waals surface area contributed by atoms with Gasteiger partial charge < -0.3 is 4.74 Å². The van der Waals surface area contributed by atoms with Crippen LogP contribution in [0.4, 0.5) is 0 Å². The number of nitrogens with zero attached hydrogens (tertiary/aromatic N) is 1. The third kappa shape index (κ3) is 3.89. The Morgan fingerprint density at radius 3 is 2.41 bits per heavy atom. The highest BCUT2D eigenvalue weighted by molar-refractivity contribution is 6.20. The van der Waals surface area contributed by atoms with Crippen molar-refractivity contribution in [1.82, 2.24) is 5.06 Å². The largest absolute Gasteiger partial charge is 0.377 e. The smallest absolute Gasteiger partial charge is 0.285 e. The lowest BCUT2D eigenvalue weighted by Crippen LogP contribution is -2.33. The molecule has 0 saturated carbocycles. The van der Waals surface area contributed by atoms with E-state index >= 15 is 0 Å². The first-order valence-corrected chi connectivity index (χ1v) is 9.49. The molecule has 27 heavy (non-hydrogen) atoms. The predicted octanol–water partition coefficient (Wildman–Crippen LogP) is 4.02. The number of carbonyl (C=O) groups excluding carboxylic acids is 2. The van der Waals surface area contributed by atoms with Crippen molar-refractivity contribution in [2.45, 2.75) is 39.4 Å². The molecule has 2 heterocycles. The molecule has 4 unspecified atom stereocenters. The number of imide groups is 1. The molecule has 5 nitrogen and oxygen atoms in total. The molecule has 1 aromatic carbocycles. The standard InChI is InChI=1S/C22H27NO4/c1-5-8-16-13-26-20(14(2)3)17(16)12-11-15(4)27-23-21(24)18-9-6-7-10-19(18)22(23)25/h5-7,9-12,14-17,20H,1,8,13H2,2-4H3/b12-11+. The summed E-state index contributed by atoms with van der Waals surface area (Å²) < 4.78 is 5.98. The molecule has 5 heteroatoms. The summed E-state index contributed by atoms with van der Waals surface area (Å²) in [5.41, 5.74) is 0.766. The van der Waals surface area contributed by atoms with Crippen molar-refractivity contribution in [2.75, 3.05) is 6.61 Å². The van der Waals surface area contributed by atoms with Gasteiger partial charge in [-0.1, -0.05) is 44.2 Å². The lowest BCUT2D eigenvalue weighted by Gasteiger charge is -2.23. The van der Waals surface area contributed by atoms with Crippen LogP contribution in [0.25, 0.3) is 0 Å². The lowest BCUT2D eigenvalue weighted by atomic mass is 9.83. The van der Waals surface area contributed by atoms with Crippen molar-refractivity contribution in [1.29, 1.82) is 0 Å². The lowest BCUT2D eigenvalue weighted by molar-refractivity contribution is -0.111. The molecule has 2 aliphatic rings. The van der Waals surface area contributed by atoms with Crippen molar-refractivity contribution in [3.05, 3.63) is 60.2 Å². The number of amides is 2. The molecule has 0 bridgehead atoms. The van der Waals surface area contributed by atoms with E-state index in [0.29, 0.717) is 23.0 Å². The Bertz CT molecular complexity index is 719. The van der Waals surface area contributed by atoms with Crippen LogP contribution in [0.15, 0.2) is 49.1 Å². The number of hydrogen-bond donors (Lipinski definition) is 0. The van der Waals surface area contributed by atoms with Crippen molar-refractivity contribution in [3.8, 4) is 0 Å². The van der Waals surface area contributed by atoms with Crippen LogP contribution in [0.1, 0.15) is 47.9 Å². The molecule has 2 amide bonds. The van der Waals surface area contributed by atoms with Gasteiger partial charge in [-0.25, -0.2) is 0 Å². The second-order valence-electron chi connectivity index (χ2n) is 7.55. The van der Waals surface area contributed by atoms with Crippen LogP contribution < -0.4 is 0 Å². The second-order valence-corrected chi connectivity index (χ2v) is 7.55. The van der Waals surface area contributed by atoms with E-state index in [-0.39, 0.29) is 12.0 Å². The number of hydroxylamine groups is 2. The van der Waals surface area contributed by atoms with E-state index in [9.17, 15) is 9.59 Å². The van der Waals surface area contributed by atoms with Gasteiger partial charge in [0.2, 0.25) is 0 Å². The highest BCUT2D eigenvalue weighted by Gasteiger charge is 2.38. The average molecular weight is 369 g/mol. The highest BCUT2D eigenvalue weighted by atomic mass is 16.7. The van der Waals surface area contributed by atoms with Crippen LogP contribution in [0, 0.1) is 17.8 Å². The number of benzene rings is 1. The van der Waals surface area contributed by atoms with E-state index in [4.69, 9.17) is 9.57 Å². The molecule has 1 aromatic rings. The second kappa shape index (κ2) is 8.19. The summed E-state index contributed by atoms with van der Waals surface area (Å²) in [6.45, 7) is 10.7. The molecule has 4 atom stereocenters. The first-order valence-electron chi connectivity index (χ1n) is 9.49. The molecular formula is C22H27NO4. The zero-order chi connectivity index (χ0) is 19.6. The molecule has 0 aromatic heterocycles. The molecule has 3 rings (SSSR count). The van der Waals surface area contributed by atoms with Gasteiger partial charge in [0.1, 0.15) is 6.10 Å². The van der Waals surface area contributed by atoms with E-state index in [0.717, 1.165) is 18.1 Å². The minimum Gasteiger partial charge on any atom is -0.377 e. The molecule has 144 valence electrons. The normalized spacial score (nSPS) is 26.2. The van der Waals surface area contributed by atoms with Gasteiger partial charge in [-0.15, -0.1) is 11.6 Å². The number of fused-ring (bicyclic) bond motifs is 1. The van der Waals surface area contributed by atoms with Gasteiger partial charge in [0.15, 0.2) is 0 Å². The van der Waals surface area contributed by atoms with E-state index in [1.807, 2.05) is 19.1 Å². The van der Waals surface area contributed by atoms with Crippen LogP contribution >= 0.6 is 0 Å². The van der Waals surface area contributed by atoms with Gasteiger partial charge in [-0.05, 0) is 37.3 Å². The third-order valence-corrected chi connectivity index (χ3v) is 5.19. The topological polar surface area (TPSA) is 55.8 Å². The van der Waals surface area contributed by atoms with Gasteiger partial charge in [0.05, 0.1) is 23.8 Å². The molecule has 2 aliphatic heterocycles. The number of hydrogen-bond acceptors (Lipinski definition) is 4. The van der Waals surface area contributed by atoms with Gasteiger partial charge in [0, 0.05) is 5.92 Å². The van der Waals surface area contributed by atoms with Crippen LogP contribution in [0.5, 0.6) is 0 Å². The molecule has 1 saturated heterocycles. The van der Waals surface area contributed by atoms with E-state index in [2.05, 4.69) is 26.5 Å². The highest BCUT2D eigenvalue weighted by Crippen LogP contribution is 2.35. The molecule has 1 fully saturated rings. The van der Waals surface area contributed by atoms with Crippen molar-refractivity contribution < 1.29 is 19.2 Å². The van der Waals surface area contributed by atoms with E-state index < -0.39 is 17.9 Å². The van der Waals surface area contributed by atoms with E-state index in [1.54, 1.807) is 24.3 Å². The van der Waals surface area contributed by atoms with Gasteiger partial charge in [0.25, 0.3) is 11.8 Å². The average Bonchev–Trinajstić information content (AvgIpc) is 3.15.